The summed E-state index contributed by atoms with van der Waals surface area (Å²) in [6.07, 6.45) is 2.49. The van der Waals surface area contributed by atoms with Crippen molar-refractivity contribution in [1.82, 2.24) is 4.98 Å². The normalized spacial score (nSPS) is 22.9. The van der Waals surface area contributed by atoms with Crippen LogP contribution < -0.4 is 11.1 Å². The number of halogens is 1. The molecule has 24 heavy (non-hydrogen) atoms. The topological polar surface area (TPSA) is 108 Å². The van der Waals surface area contributed by atoms with E-state index in [1.54, 1.807) is 6.07 Å². The highest BCUT2D eigenvalue weighted by atomic mass is 19.1. The van der Waals surface area contributed by atoms with Crippen LogP contribution in [0.4, 0.5) is 10.1 Å². The molecule has 0 bridgehead atoms. The van der Waals surface area contributed by atoms with Gasteiger partial charge in [-0.25, -0.2) is 4.39 Å². The maximum Gasteiger partial charge on any atom is 0.252 e. The lowest BCUT2D eigenvalue weighted by Gasteiger charge is -2.28. The highest BCUT2D eigenvalue weighted by Crippen LogP contribution is 2.27. The molecule has 6 nitrogen and oxygen atoms in total. The van der Waals surface area contributed by atoms with Crippen molar-refractivity contribution in [3.8, 4) is 0 Å². The molecule has 1 fully saturated rings. The summed E-state index contributed by atoms with van der Waals surface area (Å²) in [6, 6.07) is 1.65. The Kier molecular flexibility index (Phi) is 5.77. The van der Waals surface area contributed by atoms with Crippen molar-refractivity contribution in [3.63, 3.8) is 0 Å². The van der Waals surface area contributed by atoms with Gasteiger partial charge >= 0.3 is 0 Å². The zero-order valence-corrected chi connectivity index (χ0v) is 14.1. The highest BCUT2D eigenvalue weighted by molar-refractivity contribution is 5.99. The molecular formula is C17H26FN3O3. The van der Waals surface area contributed by atoms with Crippen molar-refractivity contribution in [2.75, 3.05) is 5.32 Å². The number of nitrogens with two attached hydrogens (primary N) is 1. The maximum absolute atomic E-state index is 14.2. The molecule has 1 saturated carbocycles. The third-order valence-corrected chi connectivity index (χ3v) is 4.42. The Morgan fingerprint density at radius 3 is 2.83 bits per heavy atom. The molecule has 1 amide bonds. The molecule has 1 heterocycles. The Morgan fingerprint density at radius 2 is 2.25 bits per heavy atom. The van der Waals surface area contributed by atoms with Gasteiger partial charge < -0.3 is 21.3 Å². The van der Waals surface area contributed by atoms with Gasteiger partial charge in [-0.2, -0.15) is 0 Å². The Labute approximate surface area is 141 Å². The van der Waals surface area contributed by atoms with E-state index in [1.165, 1.54) is 20.0 Å². The van der Waals surface area contributed by atoms with E-state index in [-0.39, 0.29) is 29.8 Å². The second-order valence-corrected chi connectivity index (χ2v) is 7.03. The summed E-state index contributed by atoms with van der Waals surface area (Å²) in [7, 11) is 0. The lowest BCUT2D eigenvalue weighted by molar-refractivity contribution is -0.00307. The van der Waals surface area contributed by atoms with Crippen LogP contribution in [0.1, 0.15) is 55.6 Å². The summed E-state index contributed by atoms with van der Waals surface area (Å²) in [5.74, 6) is -0.695. The van der Waals surface area contributed by atoms with Gasteiger partial charge in [-0.1, -0.05) is 0 Å². The van der Waals surface area contributed by atoms with E-state index in [4.69, 9.17) is 5.73 Å². The van der Waals surface area contributed by atoms with Crippen LogP contribution in [0, 0.1) is 0 Å². The molecular weight excluding hydrogens is 313 g/mol. The molecule has 2 rings (SSSR count). The van der Waals surface area contributed by atoms with Crippen molar-refractivity contribution >= 4 is 11.6 Å². The van der Waals surface area contributed by atoms with Gasteiger partial charge in [-0.15, -0.1) is 0 Å². The van der Waals surface area contributed by atoms with Crippen LogP contribution in [-0.2, 0) is 6.42 Å². The zero-order valence-electron chi connectivity index (χ0n) is 14.1. The third-order valence-electron chi connectivity index (χ3n) is 4.42. The number of nitrogens with one attached hydrogen (secondary N) is 1. The van der Waals surface area contributed by atoms with Crippen molar-refractivity contribution in [3.05, 3.63) is 23.5 Å². The first-order valence-corrected chi connectivity index (χ1v) is 8.27. The molecule has 1 aromatic rings. The van der Waals surface area contributed by atoms with E-state index in [0.717, 1.165) is 19.3 Å². The fraction of sp³-hybridized carbons (Fsp3) is 0.647. The molecule has 1 aromatic heterocycles. The van der Waals surface area contributed by atoms with Gasteiger partial charge in [0.15, 0.2) is 0 Å². The van der Waals surface area contributed by atoms with Crippen molar-refractivity contribution in [1.29, 1.82) is 0 Å². The quantitative estimate of drug-likeness (QED) is 0.629. The number of hydrogen-bond donors (Lipinski definition) is 4. The SMILES string of the molecule is CC(C)(O)[C@H](F)Cc1nccc(N[C@H]2CCC[C@H](O)C2)c1C(N)=O. The predicted molar refractivity (Wildman–Crippen MR) is 89.5 cm³/mol. The number of aliphatic hydroxyl groups is 2. The molecule has 134 valence electrons. The van der Waals surface area contributed by atoms with Crippen molar-refractivity contribution in [2.24, 2.45) is 5.73 Å². The number of carbonyl (C=O) groups excluding carboxylic acids is 1. The molecule has 0 aliphatic heterocycles. The van der Waals surface area contributed by atoms with Gasteiger partial charge in [0.25, 0.3) is 5.91 Å². The second kappa shape index (κ2) is 7.44. The number of amides is 1. The van der Waals surface area contributed by atoms with E-state index >= 15 is 0 Å². The highest BCUT2D eigenvalue weighted by Gasteiger charge is 2.30. The minimum Gasteiger partial charge on any atom is -0.393 e. The summed E-state index contributed by atoms with van der Waals surface area (Å²) in [5, 5.41) is 22.8. The monoisotopic (exact) mass is 339 g/mol. The van der Waals surface area contributed by atoms with Crippen LogP contribution in [-0.4, -0.2) is 45.0 Å². The van der Waals surface area contributed by atoms with Crippen molar-refractivity contribution < 1.29 is 19.4 Å². The summed E-state index contributed by atoms with van der Waals surface area (Å²) in [6.45, 7) is 2.74. The number of primary amides is 1. The number of aliphatic hydroxyl groups excluding tert-OH is 1. The summed E-state index contributed by atoms with van der Waals surface area (Å²) < 4.78 is 14.2. The van der Waals surface area contributed by atoms with Gasteiger partial charge in [0.1, 0.15) is 6.17 Å². The maximum atomic E-state index is 14.2. The molecule has 3 atom stereocenters. The third kappa shape index (κ3) is 4.64. The Morgan fingerprint density at radius 1 is 1.54 bits per heavy atom. The number of carbonyl (C=O) groups is 1. The number of alkyl halides is 1. The predicted octanol–water partition coefficient (Wildman–Crippen LogP) is 1.55. The number of hydrogen-bond acceptors (Lipinski definition) is 5. The molecule has 0 aromatic carbocycles. The van der Waals surface area contributed by atoms with Crippen LogP contribution in [0.25, 0.3) is 0 Å². The molecule has 0 unspecified atom stereocenters. The van der Waals surface area contributed by atoms with Crippen molar-refractivity contribution in [2.45, 2.75) is 69.9 Å². The van der Waals surface area contributed by atoms with Crippen LogP contribution in [0.5, 0.6) is 0 Å². The average Bonchev–Trinajstić information content (AvgIpc) is 2.46. The molecule has 7 heteroatoms. The molecule has 1 aliphatic rings. The summed E-state index contributed by atoms with van der Waals surface area (Å²) in [4.78, 5) is 16.0. The van der Waals surface area contributed by atoms with Crippen LogP contribution in [0.2, 0.25) is 0 Å². The second-order valence-electron chi connectivity index (χ2n) is 7.03. The summed E-state index contributed by atoms with van der Waals surface area (Å²) >= 11 is 0. The minimum atomic E-state index is -1.57. The first-order valence-electron chi connectivity index (χ1n) is 8.27. The van der Waals surface area contributed by atoms with Crippen LogP contribution in [0.3, 0.4) is 0 Å². The number of anilines is 1. The van der Waals surface area contributed by atoms with Gasteiger partial charge in [0, 0.05) is 18.7 Å². The van der Waals surface area contributed by atoms with E-state index < -0.39 is 17.7 Å². The Balaban J connectivity index is 2.25. The largest absolute Gasteiger partial charge is 0.393 e. The first-order chi connectivity index (χ1) is 11.2. The van der Waals surface area contributed by atoms with Crippen LogP contribution >= 0.6 is 0 Å². The van der Waals surface area contributed by atoms with Gasteiger partial charge in [0.2, 0.25) is 0 Å². The van der Waals surface area contributed by atoms with E-state index in [2.05, 4.69) is 10.3 Å². The smallest absolute Gasteiger partial charge is 0.252 e. The molecule has 1 aliphatic carbocycles. The fourth-order valence-electron chi connectivity index (χ4n) is 2.99. The number of pyridine rings is 1. The summed E-state index contributed by atoms with van der Waals surface area (Å²) in [5.41, 5.74) is 4.80. The standard InChI is InChI=1S/C17H26FN3O3/c1-17(2,24)14(18)9-13-15(16(19)23)12(6-7-20-13)21-10-4-3-5-11(22)8-10/h6-7,10-11,14,22,24H,3-5,8-9H2,1-2H3,(H2,19,23)(H,20,21)/t10-,11-,14+/m0/s1. The first kappa shape index (κ1) is 18.6. The van der Waals surface area contributed by atoms with E-state index in [0.29, 0.717) is 12.1 Å². The minimum absolute atomic E-state index is 0.0255. The number of nitrogens with zero attached hydrogens (tertiary/aromatic N) is 1. The lowest BCUT2D eigenvalue weighted by atomic mass is 9.92. The zero-order chi connectivity index (χ0) is 17.9. The Bertz CT molecular complexity index is 589. The molecule has 5 N–H and O–H groups in total. The fourth-order valence-corrected chi connectivity index (χ4v) is 2.99. The molecule has 0 spiro atoms. The van der Waals surface area contributed by atoms with E-state index in [1.807, 2.05) is 0 Å². The lowest BCUT2D eigenvalue weighted by Crippen LogP contribution is -2.35. The Hall–Kier alpha value is -1.73. The van der Waals surface area contributed by atoms with Crippen LogP contribution in [0.15, 0.2) is 12.3 Å². The van der Waals surface area contributed by atoms with Gasteiger partial charge in [-0.05, 0) is 45.6 Å². The number of aromatic nitrogens is 1. The van der Waals surface area contributed by atoms with E-state index in [9.17, 15) is 19.4 Å². The van der Waals surface area contributed by atoms with Gasteiger partial charge in [0.05, 0.1) is 28.6 Å². The number of rotatable bonds is 6. The van der Waals surface area contributed by atoms with Gasteiger partial charge in [-0.3, -0.25) is 9.78 Å². The average molecular weight is 339 g/mol. The molecule has 0 saturated heterocycles. The molecule has 0 radical (unpaired) electrons.